The molecule has 3 atom stereocenters. The molecule has 5 aliphatic heterocycles. The van der Waals surface area contributed by atoms with Crippen molar-refractivity contribution >= 4 is 11.5 Å². The highest BCUT2D eigenvalue weighted by molar-refractivity contribution is 5.66. The fourth-order valence-corrected chi connectivity index (χ4v) is 7.83. The van der Waals surface area contributed by atoms with E-state index in [0.717, 1.165) is 88.4 Å². The molecule has 5 aliphatic rings. The Hall–Kier alpha value is -2.36. The van der Waals surface area contributed by atoms with Crippen LogP contribution in [-0.4, -0.2) is 72.8 Å². The Labute approximate surface area is 223 Å². The molecule has 7 rings (SSSR count). The lowest BCUT2D eigenvalue weighted by atomic mass is 9.82. The molecule has 7 nitrogen and oxygen atoms in total. The summed E-state index contributed by atoms with van der Waals surface area (Å²) in [6.07, 6.45) is 3.54. The van der Waals surface area contributed by atoms with Crippen molar-refractivity contribution in [1.82, 2.24) is 20.2 Å². The molecule has 2 unspecified atom stereocenters. The lowest BCUT2D eigenvalue weighted by Gasteiger charge is -2.54. The minimum Gasteiger partial charge on any atom is -0.365 e. The van der Waals surface area contributed by atoms with E-state index in [1.54, 1.807) is 0 Å². The third kappa shape index (κ3) is 3.84. The minimum absolute atomic E-state index is 0.0137. The summed E-state index contributed by atoms with van der Waals surface area (Å²) in [5.41, 5.74) is 4.90. The number of anilines is 2. The van der Waals surface area contributed by atoms with Gasteiger partial charge in [0.25, 0.3) is 6.43 Å². The zero-order valence-corrected chi connectivity index (χ0v) is 22.4. The predicted molar refractivity (Wildman–Crippen MR) is 143 cm³/mol. The number of rotatable bonds is 3. The molecule has 0 radical (unpaired) electrons. The van der Waals surface area contributed by atoms with Gasteiger partial charge in [0.1, 0.15) is 11.5 Å². The van der Waals surface area contributed by atoms with E-state index >= 15 is 0 Å². The number of nitrogens with zero attached hydrogens (tertiary/aromatic N) is 5. The van der Waals surface area contributed by atoms with Gasteiger partial charge in [-0.05, 0) is 57.6 Å². The maximum atomic E-state index is 14.4. The van der Waals surface area contributed by atoms with Crippen molar-refractivity contribution in [3.05, 3.63) is 46.4 Å². The van der Waals surface area contributed by atoms with Crippen molar-refractivity contribution in [3.8, 4) is 0 Å². The second kappa shape index (κ2) is 9.38. The van der Waals surface area contributed by atoms with E-state index in [0.29, 0.717) is 24.3 Å². The van der Waals surface area contributed by atoms with Gasteiger partial charge in [0.05, 0.1) is 17.4 Å². The van der Waals surface area contributed by atoms with Gasteiger partial charge in [-0.15, -0.1) is 0 Å². The average Bonchev–Trinajstić information content (AvgIpc) is 3.10. The van der Waals surface area contributed by atoms with E-state index in [4.69, 9.17) is 4.74 Å². The number of nitrogens with one attached hydrogen (secondary N) is 1. The van der Waals surface area contributed by atoms with E-state index in [1.807, 2.05) is 6.20 Å². The number of piperidine rings is 1. The molecule has 1 N–H and O–H groups in total. The highest BCUT2D eigenvalue weighted by Gasteiger charge is 2.48. The number of aryl methyl sites for hydroxylation is 1. The van der Waals surface area contributed by atoms with Crippen LogP contribution in [0.4, 0.5) is 20.3 Å². The van der Waals surface area contributed by atoms with Gasteiger partial charge in [-0.25, -0.2) is 13.8 Å². The summed E-state index contributed by atoms with van der Waals surface area (Å²) in [5.74, 6) is 0.689. The summed E-state index contributed by atoms with van der Waals surface area (Å²) in [6.45, 7) is 10.8. The Balaban J connectivity index is 1.16. The fraction of sp³-hybridized carbons (Fsp3) is 0.655. The minimum atomic E-state index is -2.57. The zero-order chi connectivity index (χ0) is 26.0. The molecular formula is C29H38F2N6O. The highest BCUT2D eigenvalue weighted by atomic mass is 19.3. The first-order valence-electron chi connectivity index (χ1n) is 14.4. The first kappa shape index (κ1) is 24.7. The predicted octanol–water partition coefficient (Wildman–Crippen LogP) is 4.11. The Morgan fingerprint density at radius 1 is 1.13 bits per heavy atom. The van der Waals surface area contributed by atoms with E-state index < -0.39 is 6.43 Å². The maximum absolute atomic E-state index is 14.4. The van der Waals surface area contributed by atoms with E-state index in [2.05, 4.69) is 56.0 Å². The van der Waals surface area contributed by atoms with Gasteiger partial charge in [0.15, 0.2) is 0 Å². The molecule has 0 aliphatic carbocycles. The monoisotopic (exact) mass is 524 g/mol. The molecule has 204 valence electrons. The van der Waals surface area contributed by atoms with Gasteiger partial charge in [-0.2, -0.15) is 0 Å². The van der Waals surface area contributed by atoms with E-state index in [1.165, 1.54) is 11.1 Å². The van der Waals surface area contributed by atoms with Crippen LogP contribution in [0.2, 0.25) is 0 Å². The van der Waals surface area contributed by atoms with Crippen molar-refractivity contribution in [1.29, 1.82) is 0 Å². The topological polar surface area (TPSA) is 56.8 Å². The summed E-state index contributed by atoms with van der Waals surface area (Å²) < 4.78 is 35.3. The molecule has 7 heterocycles. The van der Waals surface area contributed by atoms with E-state index in [-0.39, 0.29) is 17.4 Å². The Morgan fingerprint density at radius 3 is 2.68 bits per heavy atom. The Kier molecular flexibility index (Phi) is 6.09. The quantitative estimate of drug-likeness (QED) is 0.649. The van der Waals surface area contributed by atoms with Crippen LogP contribution in [0.3, 0.4) is 0 Å². The summed E-state index contributed by atoms with van der Waals surface area (Å²) in [4.78, 5) is 16.4. The molecule has 0 amide bonds. The number of hydrogen-bond donors (Lipinski definition) is 1. The number of halogens is 2. The molecule has 38 heavy (non-hydrogen) atoms. The van der Waals surface area contributed by atoms with Crippen LogP contribution < -0.4 is 15.1 Å². The SMILES string of the molecule is Cc1ccnc2c1C1(CCN(c3cc4c(c(C(F)F)n3)CCC[C@H]3C(N5CCNCC5)CN43)CC1)OC2C. The van der Waals surface area contributed by atoms with Crippen LogP contribution in [-0.2, 0) is 16.8 Å². The fourth-order valence-electron chi connectivity index (χ4n) is 7.83. The third-order valence-corrected chi connectivity index (χ3v) is 9.74. The smallest absolute Gasteiger partial charge is 0.280 e. The average molecular weight is 525 g/mol. The molecule has 0 saturated carbocycles. The lowest BCUT2D eigenvalue weighted by molar-refractivity contribution is -0.0851. The molecule has 3 saturated heterocycles. The van der Waals surface area contributed by atoms with E-state index in [9.17, 15) is 8.78 Å². The van der Waals surface area contributed by atoms with Crippen LogP contribution in [0.25, 0.3) is 0 Å². The number of aromatic nitrogens is 2. The first-order valence-corrected chi connectivity index (χ1v) is 14.4. The van der Waals surface area contributed by atoms with Gasteiger partial charge >= 0.3 is 0 Å². The molecular weight excluding hydrogens is 486 g/mol. The normalized spacial score (nSPS) is 28.6. The summed E-state index contributed by atoms with van der Waals surface area (Å²) >= 11 is 0. The molecule has 2 aromatic rings. The second-order valence-electron chi connectivity index (χ2n) is 11.8. The lowest BCUT2D eigenvalue weighted by Crippen LogP contribution is -2.69. The highest BCUT2D eigenvalue weighted by Crippen LogP contribution is 2.50. The number of piperazine rings is 1. The van der Waals surface area contributed by atoms with Gasteiger partial charge in [0, 0.05) is 87.0 Å². The van der Waals surface area contributed by atoms with Crippen molar-refractivity contribution < 1.29 is 13.5 Å². The Bertz CT molecular complexity index is 1210. The zero-order valence-electron chi connectivity index (χ0n) is 22.4. The van der Waals surface area contributed by atoms with Crippen molar-refractivity contribution in [2.24, 2.45) is 0 Å². The van der Waals surface area contributed by atoms with Gasteiger partial charge in [0.2, 0.25) is 0 Å². The molecule has 3 fully saturated rings. The summed E-state index contributed by atoms with van der Waals surface area (Å²) in [7, 11) is 0. The molecule has 9 heteroatoms. The van der Waals surface area contributed by atoms with Crippen molar-refractivity contribution in [2.45, 2.75) is 76.2 Å². The summed E-state index contributed by atoms with van der Waals surface area (Å²) in [5, 5.41) is 3.45. The maximum Gasteiger partial charge on any atom is 0.280 e. The van der Waals surface area contributed by atoms with Gasteiger partial charge < -0.3 is 19.9 Å². The number of alkyl halides is 2. The van der Waals surface area contributed by atoms with Crippen LogP contribution in [0.1, 0.15) is 73.2 Å². The number of pyridine rings is 2. The molecule has 1 spiro atoms. The second-order valence-corrected chi connectivity index (χ2v) is 11.8. The molecule has 2 aromatic heterocycles. The van der Waals surface area contributed by atoms with Crippen LogP contribution in [0.5, 0.6) is 0 Å². The van der Waals surface area contributed by atoms with Crippen LogP contribution >= 0.6 is 0 Å². The number of ether oxygens (including phenoxy) is 1. The number of fused-ring (bicyclic) bond motifs is 5. The van der Waals surface area contributed by atoms with Gasteiger partial charge in [-0.1, -0.05) is 0 Å². The summed E-state index contributed by atoms with van der Waals surface area (Å²) in [6, 6.07) is 5.10. The van der Waals surface area contributed by atoms with Crippen molar-refractivity contribution in [3.63, 3.8) is 0 Å². The largest absolute Gasteiger partial charge is 0.365 e. The van der Waals surface area contributed by atoms with Crippen LogP contribution in [0, 0.1) is 6.92 Å². The Morgan fingerprint density at radius 2 is 1.92 bits per heavy atom. The van der Waals surface area contributed by atoms with Crippen molar-refractivity contribution in [2.75, 3.05) is 55.6 Å². The standard InChI is InChI=1S/C29H38F2N6O/c1-18-6-9-33-26-19(2)38-29(25(18)26)7-12-36(13-8-29)24-16-22-20(27(34-24)28(30)31)4-3-5-21-23(17-37(21)22)35-14-10-32-11-15-35/h6,9,16,19,21,23,28,32H,3-5,7-8,10-15,17H2,1-2H3/t19?,21-,23?/m0/s1. The first-order chi connectivity index (χ1) is 18.4. The number of hydrogen-bond acceptors (Lipinski definition) is 7. The molecule has 0 aromatic carbocycles. The third-order valence-electron chi connectivity index (χ3n) is 9.74. The van der Waals surface area contributed by atoms with Gasteiger partial charge in [-0.3, -0.25) is 9.88 Å². The van der Waals surface area contributed by atoms with Crippen LogP contribution in [0.15, 0.2) is 18.3 Å². The molecule has 0 bridgehead atoms.